The minimum atomic E-state index is -1.24. The maximum atomic E-state index is 11.1. The van der Waals surface area contributed by atoms with E-state index in [0.717, 1.165) is 11.3 Å². The van der Waals surface area contributed by atoms with Gasteiger partial charge in [0, 0.05) is 0 Å². The molecule has 0 aliphatic heterocycles. The van der Waals surface area contributed by atoms with Crippen molar-refractivity contribution in [1.29, 1.82) is 0 Å². The number of aliphatic hydroxyl groups excluding tert-OH is 1. The quantitative estimate of drug-likeness (QED) is 0.789. The van der Waals surface area contributed by atoms with Gasteiger partial charge >= 0.3 is 5.97 Å². The maximum Gasteiger partial charge on any atom is 0.339 e. The Labute approximate surface area is 100 Å². The summed E-state index contributed by atoms with van der Waals surface area (Å²) in [6.07, 6.45) is 1.79. The lowest BCUT2D eigenvalue weighted by Crippen LogP contribution is -2.20. The van der Waals surface area contributed by atoms with Gasteiger partial charge in [0.05, 0.1) is 13.7 Å². The van der Waals surface area contributed by atoms with Crippen molar-refractivity contribution in [2.24, 2.45) is 0 Å². The van der Waals surface area contributed by atoms with Gasteiger partial charge in [-0.1, -0.05) is 18.2 Å². The molecular weight excluding hydrogens is 220 g/mol. The number of methoxy groups -OCH3 is 1. The van der Waals surface area contributed by atoms with E-state index in [4.69, 9.17) is 4.74 Å². The first-order valence-corrected chi connectivity index (χ1v) is 5.34. The zero-order chi connectivity index (χ0) is 12.7. The second-order valence-electron chi connectivity index (χ2n) is 3.33. The lowest BCUT2D eigenvalue weighted by Gasteiger charge is -2.04. The molecule has 1 atom stereocenters. The van der Waals surface area contributed by atoms with Crippen LogP contribution in [0.15, 0.2) is 30.3 Å². The molecule has 1 rings (SSSR count). The average molecular weight is 236 g/mol. The highest BCUT2D eigenvalue weighted by molar-refractivity contribution is 5.78. The smallest absolute Gasteiger partial charge is 0.339 e. The van der Waals surface area contributed by atoms with Crippen LogP contribution in [0.2, 0.25) is 0 Å². The molecule has 4 nitrogen and oxygen atoms in total. The minimum Gasteiger partial charge on any atom is -0.497 e. The Morgan fingerprint density at radius 3 is 2.94 bits per heavy atom. The van der Waals surface area contributed by atoms with Crippen LogP contribution in [0.1, 0.15) is 12.5 Å². The fraction of sp³-hybridized carbons (Fsp3) is 0.308. The molecule has 0 bridgehead atoms. The van der Waals surface area contributed by atoms with E-state index < -0.39 is 12.1 Å². The summed E-state index contributed by atoms with van der Waals surface area (Å²) in [4.78, 5) is 11.1. The van der Waals surface area contributed by atoms with E-state index >= 15 is 0 Å². The van der Waals surface area contributed by atoms with Crippen LogP contribution < -0.4 is 4.74 Å². The van der Waals surface area contributed by atoms with Crippen LogP contribution in [0.4, 0.5) is 0 Å². The van der Waals surface area contributed by atoms with Crippen LogP contribution in [-0.2, 0) is 9.53 Å². The monoisotopic (exact) mass is 236 g/mol. The summed E-state index contributed by atoms with van der Waals surface area (Å²) in [7, 11) is 1.58. The summed E-state index contributed by atoms with van der Waals surface area (Å²) in [5.41, 5.74) is 0.840. The molecule has 0 heterocycles. The third kappa shape index (κ3) is 4.28. The molecule has 0 amide bonds. The molecule has 0 aromatic heterocycles. The third-order valence-electron chi connectivity index (χ3n) is 2.09. The molecular formula is C13H16O4. The number of hydrogen-bond acceptors (Lipinski definition) is 4. The van der Waals surface area contributed by atoms with Gasteiger partial charge in [0.1, 0.15) is 5.75 Å². The molecule has 4 heteroatoms. The fourth-order valence-electron chi connectivity index (χ4n) is 1.25. The largest absolute Gasteiger partial charge is 0.497 e. The predicted molar refractivity (Wildman–Crippen MR) is 64.7 cm³/mol. The van der Waals surface area contributed by atoms with Gasteiger partial charge in [-0.2, -0.15) is 0 Å². The molecule has 0 spiro atoms. The molecule has 17 heavy (non-hydrogen) atoms. The number of rotatable bonds is 5. The average Bonchev–Trinajstić information content (AvgIpc) is 2.36. The van der Waals surface area contributed by atoms with E-state index in [0.29, 0.717) is 0 Å². The minimum absolute atomic E-state index is 0.253. The SMILES string of the molecule is CCOC(=O)[C@H](O)/C=C/c1cccc(OC)c1. The van der Waals surface area contributed by atoms with Crippen LogP contribution in [0.5, 0.6) is 5.75 Å². The van der Waals surface area contributed by atoms with E-state index in [1.165, 1.54) is 6.08 Å². The number of benzene rings is 1. The summed E-state index contributed by atoms with van der Waals surface area (Å²) >= 11 is 0. The van der Waals surface area contributed by atoms with Crippen molar-refractivity contribution in [2.45, 2.75) is 13.0 Å². The van der Waals surface area contributed by atoms with Crippen LogP contribution in [0.3, 0.4) is 0 Å². The highest BCUT2D eigenvalue weighted by Crippen LogP contribution is 2.13. The van der Waals surface area contributed by atoms with Gasteiger partial charge in [-0.3, -0.25) is 0 Å². The van der Waals surface area contributed by atoms with E-state index in [-0.39, 0.29) is 6.61 Å². The van der Waals surface area contributed by atoms with Gasteiger partial charge in [0.2, 0.25) is 0 Å². The van der Waals surface area contributed by atoms with Gasteiger partial charge in [-0.05, 0) is 30.7 Å². The highest BCUT2D eigenvalue weighted by atomic mass is 16.5. The standard InChI is InChI=1S/C13H16O4/c1-3-17-13(15)12(14)8-7-10-5-4-6-11(9-10)16-2/h4-9,12,14H,3H2,1-2H3/b8-7+/t12-/m1/s1. The van der Waals surface area contributed by atoms with Crippen LogP contribution in [0, 0.1) is 0 Å². The lowest BCUT2D eigenvalue weighted by molar-refractivity contribution is -0.150. The number of esters is 1. The maximum absolute atomic E-state index is 11.1. The molecule has 0 fully saturated rings. The first kappa shape index (κ1) is 13.3. The van der Waals surface area contributed by atoms with Gasteiger partial charge in [0.25, 0.3) is 0 Å². The summed E-state index contributed by atoms with van der Waals surface area (Å²) in [5, 5.41) is 9.44. The lowest BCUT2D eigenvalue weighted by atomic mass is 10.2. The molecule has 1 N–H and O–H groups in total. The number of aliphatic hydroxyl groups is 1. The van der Waals surface area contributed by atoms with Gasteiger partial charge in [-0.25, -0.2) is 4.79 Å². The van der Waals surface area contributed by atoms with Crippen molar-refractivity contribution < 1.29 is 19.4 Å². The molecule has 0 aliphatic rings. The normalized spacial score (nSPS) is 12.4. The molecule has 0 saturated carbocycles. The van der Waals surface area contributed by atoms with Crippen molar-refractivity contribution in [1.82, 2.24) is 0 Å². The van der Waals surface area contributed by atoms with E-state index in [9.17, 15) is 9.90 Å². The van der Waals surface area contributed by atoms with Crippen molar-refractivity contribution in [3.8, 4) is 5.75 Å². The first-order valence-electron chi connectivity index (χ1n) is 5.34. The molecule has 1 aromatic rings. The molecule has 0 aliphatic carbocycles. The fourth-order valence-corrected chi connectivity index (χ4v) is 1.25. The Kier molecular flexibility index (Phi) is 5.23. The summed E-state index contributed by atoms with van der Waals surface area (Å²) in [6.45, 7) is 1.94. The molecule has 0 radical (unpaired) electrons. The topological polar surface area (TPSA) is 55.8 Å². The van der Waals surface area contributed by atoms with Gasteiger partial charge < -0.3 is 14.6 Å². The summed E-state index contributed by atoms with van der Waals surface area (Å²) in [6, 6.07) is 7.29. The van der Waals surface area contributed by atoms with Gasteiger partial charge in [-0.15, -0.1) is 0 Å². The van der Waals surface area contributed by atoms with Crippen LogP contribution in [0.25, 0.3) is 6.08 Å². The van der Waals surface area contributed by atoms with Crippen molar-refractivity contribution in [2.75, 3.05) is 13.7 Å². The first-order chi connectivity index (χ1) is 8.17. The number of ether oxygens (including phenoxy) is 2. The Morgan fingerprint density at radius 2 is 2.29 bits per heavy atom. The molecule has 0 saturated heterocycles. The second kappa shape index (κ2) is 6.70. The van der Waals surface area contributed by atoms with Crippen molar-refractivity contribution >= 4 is 12.0 Å². The predicted octanol–water partition coefficient (Wildman–Crippen LogP) is 1.63. The molecule has 92 valence electrons. The van der Waals surface area contributed by atoms with Gasteiger partial charge in [0.15, 0.2) is 6.10 Å². The summed E-state index contributed by atoms with van der Waals surface area (Å²) < 4.78 is 9.73. The molecule has 1 aromatic carbocycles. The van der Waals surface area contributed by atoms with Crippen LogP contribution in [-0.4, -0.2) is 30.9 Å². The van der Waals surface area contributed by atoms with E-state index in [1.807, 2.05) is 18.2 Å². The zero-order valence-electron chi connectivity index (χ0n) is 9.92. The highest BCUT2D eigenvalue weighted by Gasteiger charge is 2.11. The Morgan fingerprint density at radius 1 is 1.53 bits per heavy atom. The zero-order valence-corrected chi connectivity index (χ0v) is 9.92. The number of carbonyl (C=O) groups excluding carboxylic acids is 1. The van der Waals surface area contributed by atoms with E-state index in [1.54, 1.807) is 26.2 Å². The van der Waals surface area contributed by atoms with Crippen LogP contribution >= 0.6 is 0 Å². The Balaban J connectivity index is 2.66. The Bertz CT molecular complexity index is 398. The third-order valence-corrected chi connectivity index (χ3v) is 2.09. The van der Waals surface area contributed by atoms with E-state index in [2.05, 4.69) is 4.74 Å². The van der Waals surface area contributed by atoms with Crippen molar-refractivity contribution in [3.63, 3.8) is 0 Å². The summed E-state index contributed by atoms with van der Waals surface area (Å²) in [5.74, 6) is 0.0735. The second-order valence-corrected chi connectivity index (χ2v) is 3.33. The number of carbonyl (C=O) groups is 1. The Hall–Kier alpha value is -1.81. The van der Waals surface area contributed by atoms with Crippen molar-refractivity contribution in [3.05, 3.63) is 35.9 Å². The number of hydrogen-bond donors (Lipinski definition) is 1. The molecule has 0 unspecified atom stereocenters.